The molecule has 8 nitrogen and oxygen atoms in total. The number of nitrogens with one attached hydrogen (secondary N) is 2. The van der Waals surface area contributed by atoms with Gasteiger partial charge in [-0.05, 0) is 60.6 Å². The van der Waals surface area contributed by atoms with Crippen LogP contribution in [0.1, 0.15) is 96.1 Å². The second kappa shape index (κ2) is 22.6. The molecular formula is C29H44KN5O3SU. The molecule has 214 valence electrons. The molecule has 0 aliphatic heterocycles. The molecule has 0 spiro atoms. The Bertz CT molecular complexity index is 1050. The Morgan fingerprint density at radius 1 is 1.23 bits per heavy atom. The number of thiazole rings is 1. The van der Waals surface area contributed by atoms with Crippen LogP contribution in [0.25, 0.3) is 10.4 Å². The molecule has 1 aliphatic carbocycles. The SMILES string of the molecule is CC.CC(N)([O-])c1cc(Nc2ncc[nH]2)ccc1-c1cnc(C2CCC(CCC[C-]=O)CC2)s1.C[CH-]C.O.[K+].[U+2]. The van der Waals surface area contributed by atoms with Crippen LogP contribution in [-0.4, -0.2) is 26.7 Å². The molecule has 1 atom stereocenters. The largest absolute Gasteiger partial charge is 2.00 e. The first-order valence-electron chi connectivity index (χ1n) is 13.3. The quantitative estimate of drug-likeness (QED) is 0.131. The van der Waals surface area contributed by atoms with E-state index in [1.165, 1.54) is 19.8 Å². The van der Waals surface area contributed by atoms with E-state index in [1.54, 1.807) is 29.8 Å². The molecule has 1 aromatic carbocycles. The number of imidazole rings is 1. The Hall–Kier alpha value is 0.0983. The van der Waals surface area contributed by atoms with Crippen molar-refractivity contribution in [3.8, 4) is 10.4 Å². The van der Waals surface area contributed by atoms with Gasteiger partial charge in [-0.15, -0.1) is 11.3 Å². The van der Waals surface area contributed by atoms with E-state index in [1.807, 2.05) is 58.7 Å². The van der Waals surface area contributed by atoms with Crippen LogP contribution in [0.3, 0.4) is 0 Å². The Morgan fingerprint density at radius 2 is 1.88 bits per heavy atom. The predicted octanol–water partition coefficient (Wildman–Crippen LogP) is 2.76. The van der Waals surface area contributed by atoms with Crippen molar-refractivity contribution < 1.29 is 97.9 Å². The molecule has 4 rings (SSSR count). The van der Waals surface area contributed by atoms with Gasteiger partial charge in [0.25, 0.3) is 0 Å². The van der Waals surface area contributed by atoms with Crippen LogP contribution in [0, 0.1) is 43.5 Å². The number of unbranched alkanes of at least 4 members (excludes halogenated alkanes) is 1. The maximum absolute atomic E-state index is 12.8. The standard InChI is InChI=1S/C24H29N5O2S.C3H7.C2H6.K.H2O.U/c1-24(25,31)20-14-18(29-23-26-11-12-27-23)9-10-19(20)21-15-28-22(32-21)17-7-5-16(6-8-17)4-2-3-13-30;1-3-2;1-2;;;/h9-12,14-17H,2-8,25H2,1H3,(H2,26,27,29);3H,1-2H3;1-2H3;;1H2;/q-2;-1;;+1;;+2. The molecule has 40 heavy (non-hydrogen) atoms. The number of nitrogens with two attached hydrogens (primary N) is 1. The van der Waals surface area contributed by atoms with Gasteiger partial charge in [0.1, 0.15) is 0 Å². The number of aromatic amines is 1. The summed E-state index contributed by atoms with van der Waals surface area (Å²) in [6.45, 7) is 9.48. The zero-order valence-electron chi connectivity index (χ0n) is 24.8. The van der Waals surface area contributed by atoms with E-state index >= 15 is 0 Å². The van der Waals surface area contributed by atoms with E-state index in [9.17, 15) is 9.90 Å². The summed E-state index contributed by atoms with van der Waals surface area (Å²) in [6, 6.07) is 5.66. The van der Waals surface area contributed by atoms with Crippen molar-refractivity contribution in [1.29, 1.82) is 0 Å². The van der Waals surface area contributed by atoms with Gasteiger partial charge in [0, 0.05) is 30.2 Å². The van der Waals surface area contributed by atoms with Gasteiger partial charge in [-0.25, -0.2) is 9.97 Å². The van der Waals surface area contributed by atoms with Gasteiger partial charge in [0.15, 0.2) is 0 Å². The summed E-state index contributed by atoms with van der Waals surface area (Å²) >= 11 is 1.66. The average Bonchev–Trinajstić information content (AvgIpc) is 3.59. The summed E-state index contributed by atoms with van der Waals surface area (Å²) in [6.07, 6.45) is 16.5. The number of anilines is 2. The third-order valence-corrected chi connectivity index (χ3v) is 7.38. The van der Waals surface area contributed by atoms with Gasteiger partial charge in [0.05, 0.1) is 9.88 Å². The first kappa shape index (κ1) is 42.2. The number of benzene rings is 1. The van der Waals surface area contributed by atoms with E-state index in [4.69, 9.17) is 10.7 Å². The average molecular weight is 820 g/mol. The molecule has 1 aliphatic rings. The third-order valence-electron chi connectivity index (χ3n) is 6.19. The van der Waals surface area contributed by atoms with Crippen molar-refractivity contribution >= 4 is 29.3 Å². The maximum atomic E-state index is 12.8. The number of nitrogens with zero attached hydrogens (tertiary/aromatic N) is 2. The van der Waals surface area contributed by atoms with Crippen LogP contribution in [0.4, 0.5) is 11.6 Å². The van der Waals surface area contributed by atoms with E-state index < -0.39 is 5.72 Å². The summed E-state index contributed by atoms with van der Waals surface area (Å²) in [7, 11) is 0. The first-order chi connectivity index (χ1) is 17.9. The second-order valence-electron chi connectivity index (χ2n) is 9.32. The zero-order valence-corrected chi connectivity index (χ0v) is 32.9. The van der Waals surface area contributed by atoms with E-state index in [0.29, 0.717) is 29.8 Å². The van der Waals surface area contributed by atoms with Crippen LogP contribution in [-0.2, 0) is 10.5 Å². The van der Waals surface area contributed by atoms with E-state index in [-0.39, 0.29) is 88.0 Å². The van der Waals surface area contributed by atoms with E-state index in [0.717, 1.165) is 46.8 Å². The zero-order chi connectivity index (χ0) is 27.3. The minimum Gasteiger partial charge on any atom is -0.835 e. The first-order valence-corrected chi connectivity index (χ1v) is 14.1. The summed E-state index contributed by atoms with van der Waals surface area (Å²) < 4.78 is 0. The van der Waals surface area contributed by atoms with Gasteiger partial charge in [-0.1, -0.05) is 39.7 Å². The Labute approximate surface area is 310 Å². The fourth-order valence-corrected chi connectivity index (χ4v) is 5.61. The summed E-state index contributed by atoms with van der Waals surface area (Å²) in [5, 5.41) is 17.1. The van der Waals surface area contributed by atoms with Crippen LogP contribution < -0.4 is 67.5 Å². The van der Waals surface area contributed by atoms with Gasteiger partial charge in [-0.3, -0.25) is 6.29 Å². The third kappa shape index (κ3) is 13.6. The van der Waals surface area contributed by atoms with Crippen molar-refractivity contribution in [3.63, 3.8) is 0 Å². The molecule has 0 bridgehead atoms. The smallest absolute Gasteiger partial charge is 0.835 e. The molecule has 1 saturated carbocycles. The molecule has 0 amide bonds. The maximum Gasteiger partial charge on any atom is 2.00 e. The summed E-state index contributed by atoms with van der Waals surface area (Å²) in [5.41, 5.74) is 6.38. The summed E-state index contributed by atoms with van der Waals surface area (Å²) in [4.78, 5) is 23.3. The topological polar surface area (TPSA) is 151 Å². The Kier molecular flexibility index (Phi) is 23.9. The molecule has 2 heterocycles. The van der Waals surface area contributed by atoms with Gasteiger partial charge in [-0.2, -0.15) is 20.3 Å². The van der Waals surface area contributed by atoms with Crippen molar-refractivity contribution in [2.24, 2.45) is 11.7 Å². The van der Waals surface area contributed by atoms with Crippen molar-refractivity contribution in [2.45, 2.75) is 91.2 Å². The van der Waals surface area contributed by atoms with Gasteiger partial charge in [0.2, 0.25) is 5.95 Å². The molecule has 1 unspecified atom stereocenters. The predicted molar refractivity (Wildman–Crippen MR) is 156 cm³/mol. The molecule has 6 N–H and O–H groups in total. The van der Waals surface area contributed by atoms with Crippen LogP contribution >= 0.6 is 11.3 Å². The molecule has 1 fully saturated rings. The normalized spacial score (nSPS) is 17.1. The fourth-order valence-electron chi connectivity index (χ4n) is 4.48. The number of carbonyl (C=O) groups excluding carboxylic acids is 1. The molecule has 11 heteroatoms. The molecular weight excluding hydrogens is 776 g/mol. The number of hydrogen-bond donors (Lipinski definition) is 3. The minimum absolute atomic E-state index is 0. The number of hydrogen-bond acceptors (Lipinski definition) is 7. The fraction of sp³-hybridized carbons (Fsp3) is 0.517. The minimum atomic E-state index is -1.74. The van der Waals surface area contributed by atoms with E-state index in [2.05, 4.69) is 15.3 Å². The Morgan fingerprint density at radius 3 is 2.42 bits per heavy atom. The molecule has 3 aromatic rings. The van der Waals surface area contributed by atoms with Crippen molar-refractivity contribution in [3.05, 3.63) is 53.8 Å². The second-order valence-corrected chi connectivity index (χ2v) is 10.4. The molecule has 2 aromatic heterocycles. The summed E-state index contributed by atoms with van der Waals surface area (Å²) in [5.74, 6) is 1.77. The number of rotatable bonds is 9. The molecule has 0 saturated heterocycles. The van der Waals surface area contributed by atoms with Crippen molar-refractivity contribution in [1.82, 2.24) is 15.0 Å². The molecule has 0 radical (unpaired) electrons. The van der Waals surface area contributed by atoms with Crippen LogP contribution in [0.15, 0.2) is 36.8 Å². The van der Waals surface area contributed by atoms with Crippen LogP contribution in [0.2, 0.25) is 0 Å². The monoisotopic (exact) mass is 819 g/mol. The Balaban J connectivity index is 0. The van der Waals surface area contributed by atoms with Gasteiger partial charge < -0.3 is 37.8 Å². The van der Waals surface area contributed by atoms with Gasteiger partial charge >= 0.3 is 82.5 Å². The number of H-pyrrole nitrogens is 1. The van der Waals surface area contributed by atoms with Crippen LogP contribution in [0.5, 0.6) is 0 Å². The number of aromatic nitrogens is 3. The van der Waals surface area contributed by atoms with Crippen molar-refractivity contribution in [2.75, 3.05) is 5.32 Å².